The highest BCUT2D eigenvalue weighted by Crippen LogP contribution is 2.23. The van der Waals surface area contributed by atoms with Crippen molar-refractivity contribution in [2.24, 2.45) is 0 Å². The molecule has 12 heavy (non-hydrogen) atoms. The molecule has 0 spiro atoms. The zero-order valence-electron chi connectivity index (χ0n) is 7.23. The van der Waals surface area contributed by atoms with Gasteiger partial charge in [0, 0.05) is 18.5 Å². The highest BCUT2D eigenvalue weighted by Gasteiger charge is 2.23. The molecule has 0 saturated carbocycles. The zero-order valence-corrected chi connectivity index (χ0v) is 7.23. The number of carbonyl (C=O) groups is 1. The van der Waals surface area contributed by atoms with Gasteiger partial charge < -0.3 is 9.73 Å². The van der Waals surface area contributed by atoms with E-state index in [0.29, 0.717) is 6.54 Å². The average Bonchev–Trinajstić information content (AvgIpc) is 2.29. The van der Waals surface area contributed by atoms with Crippen molar-refractivity contribution >= 4 is 5.91 Å². The van der Waals surface area contributed by atoms with Gasteiger partial charge in [-0.1, -0.05) is 0 Å². The third kappa shape index (κ3) is 0.858. The van der Waals surface area contributed by atoms with Crippen LogP contribution in [0.2, 0.25) is 0 Å². The van der Waals surface area contributed by atoms with E-state index < -0.39 is 0 Å². The van der Waals surface area contributed by atoms with Crippen molar-refractivity contribution in [2.45, 2.75) is 20.3 Å². The Kier molecular flexibility index (Phi) is 1.46. The highest BCUT2D eigenvalue weighted by atomic mass is 16.3. The molecule has 1 N–H and O–H groups in total. The Hall–Kier alpha value is -1.25. The van der Waals surface area contributed by atoms with Crippen LogP contribution in [0.4, 0.5) is 0 Å². The monoisotopic (exact) mass is 165 g/mol. The smallest absolute Gasteiger partial charge is 0.255 e. The average molecular weight is 165 g/mol. The van der Waals surface area contributed by atoms with Gasteiger partial charge in [0.05, 0.1) is 5.56 Å². The van der Waals surface area contributed by atoms with Gasteiger partial charge in [-0.15, -0.1) is 0 Å². The van der Waals surface area contributed by atoms with Crippen molar-refractivity contribution in [3.05, 3.63) is 22.6 Å². The summed E-state index contributed by atoms with van der Waals surface area (Å²) < 4.78 is 5.45. The number of furan rings is 1. The van der Waals surface area contributed by atoms with Crippen LogP contribution in [-0.2, 0) is 6.42 Å². The second kappa shape index (κ2) is 2.37. The van der Waals surface area contributed by atoms with Crippen LogP contribution in [-0.4, -0.2) is 12.5 Å². The van der Waals surface area contributed by atoms with Crippen LogP contribution in [0, 0.1) is 13.8 Å². The number of amides is 1. The molecule has 0 radical (unpaired) electrons. The lowest BCUT2D eigenvalue weighted by Crippen LogP contribution is -2.31. The molecule has 0 bridgehead atoms. The fourth-order valence-corrected chi connectivity index (χ4v) is 1.55. The first-order valence-corrected chi connectivity index (χ1v) is 4.07. The maximum atomic E-state index is 11.3. The summed E-state index contributed by atoms with van der Waals surface area (Å²) in [6.45, 7) is 4.50. The topological polar surface area (TPSA) is 42.2 Å². The molecule has 1 aromatic rings. The summed E-state index contributed by atoms with van der Waals surface area (Å²) in [5.41, 5.74) is 1.72. The number of hydrogen-bond acceptors (Lipinski definition) is 2. The van der Waals surface area contributed by atoms with Gasteiger partial charge in [0.25, 0.3) is 5.91 Å². The highest BCUT2D eigenvalue weighted by molar-refractivity contribution is 5.97. The predicted molar refractivity (Wildman–Crippen MR) is 44.2 cm³/mol. The molecule has 1 aromatic heterocycles. The Morgan fingerprint density at radius 3 is 2.83 bits per heavy atom. The minimum atomic E-state index is 0.00519. The van der Waals surface area contributed by atoms with Gasteiger partial charge in [0.1, 0.15) is 11.5 Å². The summed E-state index contributed by atoms with van der Waals surface area (Å²) in [5.74, 6) is 1.71. The Morgan fingerprint density at radius 2 is 2.17 bits per heavy atom. The second-order valence-corrected chi connectivity index (χ2v) is 3.09. The number of nitrogens with one attached hydrogen (secondary N) is 1. The summed E-state index contributed by atoms with van der Waals surface area (Å²) in [5, 5.41) is 2.79. The van der Waals surface area contributed by atoms with Crippen molar-refractivity contribution in [2.75, 3.05) is 6.54 Å². The zero-order chi connectivity index (χ0) is 8.72. The van der Waals surface area contributed by atoms with E-state index >= 15 is 0 Å². The van der Waals surface area contributed by atoms with Crippen molar-refractivity contribution in [3.8, 4) is 0 Å². The van der Waals surface area contributed by atoms with E-state index in [9.17, 15) is 4.79 Å². The summed E-state index contributed by atoms with van der Waals surface area (Å²) in [6.07, 6.45) is 0.815. The van der Waals surface area contributed by atoms with E-state index in [-0.39, 0.29) is 5.91 Å². The molecule has 0 aliphatic carbocycles. The Labute approximate surface area is 70.8 Å². The third-order valence-corrected chi connectivity index (χ3v) is 2.32. The number of carbonyl (C=O) groups excluding carboxylic acids is 1. The van der Waals surface area contributed by atoms with Crippen molar-refractivity contribution in [3.63, 3.8) is 0 Å². The summed E-state index contributed by atoms with van der Waals surface area (Å²) in [4.78, 5) is 11.3. The second-order valence-electron chi connectivity index (χ2n) is 3.09. The first-order valence-electron chi connectivity index (χ1n) is 4.07. The van der Waals surface area contributed by atoms with Crippen LogP contribution in [0.25, 0.3) is 0 Å². The van der Waals surface area contributed by atoms with Gasteiger partial charge in [-0.2, -0.15) is 0 Å². The summed E-state index contributed by atoms with van der Waals surface area (Å²) in [6, 6.07) is 0. The van der Waals surface area contributed by atoms with E-state index in [1.165, 1.54) is 0 Å². The molecule has 0 unspecified atom stereocenters. The van der Waals surface area contributed by atoms with Gasteiger partial charge >= 0.3 is 0 Å². The lowest BCUT2D eigenvalue weighted by Gasteiger charge is -2.10. The number of hydrogen-bond donors (Lipinski definition) is 1. The molecule has 1 amide bonds. The van der Waals surface area contributed by atoms with Crippen molar-refractivity contribution in [1.82, 2.24) is 5.32 Å². The molecule has 2 rings (SSSR count). The Bertz CT molecular complexity index is 339. The maximum Gasteiger partial charge on any atom is 0.255 e. The molecule has 1 aliphatic rings. The van der Waals surface area contributed by atoms with Crippen LogP contribution in [0.5, 0.6) is 0 Å². The van der Waals surface area contributed by atoms with Crippen molar-refractivity contribution in [1.29, 1.82) is 0 Å². The third-order valence-electron chi connectivity index (χ3n) is 2.32. The van der Waals surface area contributed by atoms with E-state index in [2.05, 4.69) is 5.32 Å². The normalized spacial score (nSPS) is 15.7. The molecule has 3 heteroatoms. The SMILES string of the molecule is Cc1oc2c(c1C)C(=O)NCC2. The van der Waals surface area contributed by atoms with Crippen LogP contribution in [0.3, 0.4) is 0 Å². The largest absolute Gasteiger partial charge is 0.465 e. The summed E-state index contributed by atoms with van der Waals surface area (Å²) >= 11 is 0. The Morgan fingerprint density at radius 1 is 1.42 bits per heavy atom. The van der Waals surface area contributed by atoms with E-state index in [1.54, 1.807) is 0 Å². The minimum Gasteiger partial charge on any atom is -0.465 e. The van der Waals surface area contributed by atoms with E-state index in [4.69, 9.17) is 4.42 Å². The molecule has 0 aromatic carbocycles. The van der Waals surface area contributed by atoms with Gasteiger partial charge in [-0.25, -0.2) is 0 Å². The fourth-order valence-electron chi connectivity index (χ4n) is 1.55. The maximum absolute atomic E-state index is 11.3. The lowest BCUT2D eigenvalue weighted by atomic mass is 10.1. The summed E-state index contributed by atoms with van der Waals surface area (Å²) in [7, 11) is 0. The minimum absolute atomic E-state index is 0.00519. The molecule has 3 nitrogen and oxygen atoms in total. The number of aryl methyl sites for hydroxylation is 1. The molecule has 1 aliphatic heterocycles. The van der Waals surface area contributed by atoms with Crippen molar-refractivity contribution < 1.29 is 9.21 Å². The fraction of sp³-hybridized carbons (Fsp3) is 0.444. The molecule has 2 heterocycles. The first kappa shape index (κ1) is 7.40. The first-order chi connectivity index (χ1) is 5.70. The molecule has 0 saturated heterocycles. The van der Waals surface area contributed by atoms with E-state index in [0.717, 1.165) is 29.1 Å². The Balaban J connectivity index is 2.61. The molecule has 64 valence electrons. The molecule has 0 fully saturated rings. The number of rotatable bonds is 0. The molecule has 0 atom stereocenters. The number of fused-ring (bicyclic) bond motifs is 1. The van der Waals surface area contributed by atoms with Gasteiger partial charge in [-0.05, 0) is 13.8 Å². The van der Waals surface area contributed by atoms with Gasteiger partial charge in [-0.3, -0.25) is 4.79 Å². The lowest BCUT2D eigenvalue weighted by molar-refractivity contribution is 0.0942. The van der Waals surface area contributed by atoms with Crippen LogP contribution in [0.1, 0.15) is 27.4 Å². The standard InChI is InChI=1S/C9H11NO2/c1-5-6(2)12-7-3-4-10-9(11)8(5)7/h3-4H2,1-2H3,(H,10,11). The van der Waals surface area contributed by atoms with Crippen LogP contribution in [0.15, 0.2) is 4.42 Å². The molecular weight excluding hydrogens is 154 g/mol. The van der Waals surface area contributed by atoms with Crippen LogP contribution < -0.4 is 5.32 Å². The van der Waals surface area contributed by atoms with Crippen LogP contribution >= 0.6 is 0 Å². The quantitative estimate of drug-likeness (QED) is 0.627. The predicted octanol–water partition coefficient (Wildman–Crippen LogP) is 1.18. The van der Waals surface area contributed by atoms with E-state index in [1.807, 2.05) is 13.8 Å². The van der Waals surface area contributed by atoms with Gasteiger partial charge in [0.15, 0.2) is 0 Å². The molecular formula is C9H11NO2. The van der Waals surface area contributed by atoms with Gasteiger partial charge in [0.2, 0.25) is 0 Å².